The van der Waals surface area contributed by atoms with Crippen molar-refractivity contribution >= 4 is 11.5 Å². The van der Waals surface area contributed by atoms with Gasteiger partial charge < -0.3 is 5.11 Å². The van der Waals surface area contributed by atoms with Crippen LogP contribution in [0.1, 0.15) is 41.1 Å². The van der Waals surface area contributed by atoms with Gasteiger partial charge in [0.05, 0.1) is 10.6 Å². The lowest BCUT2D eigenvalue weighted by Crippen LogP contribution is -2.01. The first-order valence-corrected chi connectivity index (χ1v) is 6.55. The zero-order valence-electron chi connectivity index (χ0n) is 10.1. The van der Waals surface area contributed by atoms with Gasteiger partial charge in [-0.3, -0.25) is 0 Å². The lowest BCUT2D eigenvalue weighted by molar-refractivity contribution is 0.222. The van der Waals surface area contributed by atoms with Gasteiger partial charge in [-0.15, -0.1) is 5.10 Å². The number of hydrogen-bond acceptors (Lipinski definition) is 4. The monoisotopic (exact) mass is 248 g/mol. The number of aryl methyl sites for hydroxylation is 2. The Bertz CT molecular complexity index is 496. The van der Waals surface area contributed by atoms with E-state index in [1.165, 1.54) is 11.5 Å². The molecule has 2 aromatic rings. The average Bonchev–Trinajstić information content (AvgIpc) is 2.77. The zero-order chi connectivity index (χ0) is 12.3. The molecule has 0 spiro atoms. The van der Waals surface area contributed by atoms with Crippen molar-refractivity contribution in [3.05, 3.63) is 46.0 Å². The molecule has 2 rings (SSSR count). The normalized spacial score (nSPS) is 12.6. The molecule has 3 nitrogen and oxygen atoms in total. The molecule has 17 heavy (non-hydrogen) atoms. The summed E-state index contributed by atoms with van der Waals surface area (Å²) in [6.07, 6.45) is 1.28. The summed E-state index contributed by atoms with van der Waals surface area (Å²) < 4.78 is 3.94. The van der Waals surface area contributed by atoms with E-state index in [9.17, 15) is 5.11 Å². The Balaban J connectivity index is 2.30. The fraction of sp³-hybridized carbons (Fsp3) is 0.385. The molecule has 1 heterocycles. The van der Waals surface area contributed by atoms with Crippen LogP contribution in [0.5, 0.6) is 0 Å². The highest BCUT2D eigenvalue weighted by atomic mass is 32.1. The van der Waals surface area contributed by atoms with E-state index in [-0.39, 0.29) is 0 Å². The van der Waals surface area contributed by atoms with Crippen LogP contribution in [0.15, 0.2) is 24.3 Å². The topological polar surface area (TPSA) is 46.0 Å². The molecule has 0 aliphatic heterocycles. The predicted molar refractivity (Wildman–Crippen MR) is 69.1 cm³/mol. The summed E-state index contributed by atoms with van der Waals surface area (Å²) in [5.41, 5.74) is 2.98. The standard InChI is InChI=1S/C13H16N2OS/c1-3-5-11-13(17-15-14-11)12(16)10-7-4-6-9(2)8-10/h4,6-8,12,16H,3,5H2,1-2H3. The molecule has 0 aliphatic rings. The number of hydrogen-bond donors (Lipinski definition) is 1. The van der Waals surface area contributed by atoms with E-state index in [1.807, 2.05) is 31.2 Å². The highest BCUT2D eigenvalue weighted by molar-refractivity contribution is 7.05. The van der Waals surface area contributed by atoms with Gasteiger partial charge in [0.15, 0.2) is 0 Å². The molecular formula is C13H16N2OS. The molecule has 1 N–H and O–H groups in total. The van der Waals surface area contributed by atoms with Crippen LogP contribution >= 0.6 is 11.5 Å². The van der Waals surface area contributed by atoms with Crippen molar-refractivity contribution in [3.63, 3.8) is 0 Å². The van der Waals surface area contributed by atoms with E-state index in [4.69, 9.17) is 0 Å². The Hall–Kier alpha value is -1.26. The Morgan fingerprint density at radius 2 is 2.24 bits per heavy atom. The van der Waals surface area contributed by atoms with E-state index in [0.717, 1.165) is 34.5 Å². The number of aliphatic hydroxyl groups is 1. The van der Waals surface area contributed by atoms with Crippen molar-refractivity contribution in [3.8, 4) is 0 Å². The molecule has 1 unspecified atom stereocenters. The third kappa shape index (κ3) is 2.70. The quantitative estimate of drug-likeness (QED) is 0.905. The van der Waals surface area contributed by atoms with E-state index >= 15 is 0 Å². The van der Waals surface area contributed by atoms with E-state index < -0.39 is 6.10 Å². The first-order valence-electron chi connectivity index (χ1n) is 5.78. The van der Waals surface area contributed by atoms with Gasteiger partial charge in [-0.2, -0.15) is 0 Å². The maximum absolute atomic E-state index is 10.3. The van der Waals surface area contributed by atoms with Gasteiger partial charge in [0.2, 0.25) is 0 Å². The summed E-state index contributed by atoms with van der Waals surface area (Å²) in [7, 11) is 0. The molecule has 0 fully saturated rings. The van der Waals surface area contributed by atoms with Crippen molar-refractivity contribution in [2.24, 2.45) is 0 Å². The third-order valence-corrected chi connectivity index (χ3v) is 3.50. The first kappa shape index (κ1) is 12.2. The molecule has 1 aromatic heterocycles. The molecular weight excluding hydrogens is 232 g/mol. The van der Waals surface area contributed by atoms with Crippen molar-refractivity contribution in [1.29, 1.82) is 0 Å². The van der Waals surface area contributed by atoms with E-state index in [1.54, 1.807) is 0 Å². The van der Waals surface area contributed by atoms with Crippen molar-refractivity contribution in [1.82, 2.24) is 9.59 Å². The molecule has 0 saturated carbocycles. The van der Waals surface area contributed by atoms with E-state index in [0.29, 0.717) is 0 Å². The summed E-state index contributed by atoms with van der Waals surface area (Å²) in [5.74, 6) is 0. The summed E-state index contributed by atoms with van der Waals surface area (Å²) >= 11 is 1.29. The minimum absolute atomic E-state index is 0.601. The minimum atomic E-state index is -0.601. The highest BCUT2D eigenvalue weighted by Crippen LogP contribution is 2.27. The average molecular weight is 248 g/mol. The predicted octanol–water partition coefficient (Wildman–Crippen LogP) is 2.88. The van der Waals surface area contributed by atoms with Crippen LogP contribution in [0.2, 0.25) is 0 Å². The van der Waals surface area contributed by atoms with Gasteiger partial charge in [0.1, 0.15) is 6.10 Å². The van der Waals surface area contributed by atoms with Crippen molar-refractivity contribution in [2.45, 2.75) is 32.8 Å². The molecule has 0 radical (unpaired) electrons. The number of nitrogens with zero attached hydrogens (tertiary/aromatic N) is 2. The maximum atomic E-state index is 10.3. The minimum Gasteiger partial charge on any atom is -0.383 e. The van der Waals surface area contributed by atoms with Crippen molar-refractivity contribution < 1.29 is 5.11 Å². The lowest BCUT2D eigenvalue weighted by atomic mass is 10.0. The van der Waals surface area contributed by atoms with Crippen molar-refractivity contribution in [2.75, 3.05) is 0 Å². The molecule has 4 heteroatoms. The molecule has 0 saturated heterocycles. The first-order chi connectivity index (χ1) is 8.22. The molecule has 0 aliphatic carbocycles. The van der Waals surface area contributed by atoms with Crippen LogP contribution in [-0.4, -0.2) is 14.7 Å². The van der Waals surface area contributed by atoms with E-state index in [2.05, 4.69) is 16.5 Å². The molecule has 1 aromatic carbocycles. The van der Waals surface area contributed by atoms with Gasteiger partial charge in [-0.25, -0.2) is 0 Å². The lowest BCUT2D eigenvalue weighted by Gasteiger charge is -2.10. The van der Waals surface area contributed by atoms with Gasteiger partial charge >= 0.3 is 0 Å². The number of benzene rings is 1. The smallest absolute Gasteiger partial charge is 0.117 e. The van der Waals surface area contributed by atoms with Gasteiger partial charge in [0, 0.05) is 0 Å². The Labute approximate surface area is 105 Å². The molecule has 1 atom stereocenters. The highest BCUT2D eigenvalue weighted by Gasteiger charge is 2.18. The molecule has 0 bridgehead atoms. The second kappa shape index (κ2) is 5.38. The number of rotatable bonds is 4. The summed E-state index contributed by atoms with van der Waals surface area (Å²) in [4.78, 5) is 0.873. The Morgan fingerprint density at radius 3 is 2.94 bits per heavy atom. The Morgan fingerprint density at radius 1 is 1.41 bits per heavy atom. The summed E-state index contributed by atoms with van der Waals surface area (Å²) in [6, 6.07) is 7.92. The number of aliphatic hydroxyl groups excluding tert-OH is 1. The van der Waals surface area contributed by atoms with Crippen LogP contribution in [0.4, 0.5) is 0 Å². The summed E-state index contributed by atoms with van der Waals surface area (Å²) in [5, 5.41) is 14.4. The maximum Gasteiger partial charge on any atom is 0.117 e. The zero-order valence-corrected chi connectivity index (χ0v) is 10.9. The van der Waals surface area contributed by atoms with Gasteiger partial charge in [0.25, 0.3) is 0 Å². The second-order valence-corrected chi connectivity index (χ2v) is 4.94. The van der Waals surface area contributed by atoms with Crippen LogP contribution in [0.3, 0.4) is 0 Å². The largest absolute Gasteiger partial charge is 0.383 e. The number of aromatic nitrogens is 2. The van der Waals surface area contributed by atoms with Crippen LogP contribution in [-0.2, 0) is 6.42 Å². The fourth-order valence-corrected chi connectivity index (χ4v) is 2.54. The fourth-order valence-electron chi connectivity index (χ4n) is 1.82. The SMILES string of the molecule is CCCc1nnsc1C(O)c1cccc(C)c1. The summed E-state index contributed by atoms with van der Waals surface area (Å²) in [6.45, 7) is 4.12. The third-order valence-electron chi connectivity index (χ3n) is 2.68. The molecule has 0 amide bonds. The van der Waals surface area contributed by atoms with Crippen LogP contribution in [0, 0.1) is 6.92 Å². The van der Waals surface area contributed by atoms with Crippen LogP contribution < -0.4 is 0 Å². The van der Waals surface area contributed by atoms with Crippen LogP contribution in [0.25, 0.3) is 0 Å². The Kier molecular flexibility index (Phi) is 3.86. The molecule has 90 valence electrons. The second-order valence-electron chi connectivity index (χ2n) is 4.15. The van der Waals surface area contributed by atoms with Gasteiger partial charge in [-0.05, 0) is 30.4 Å². The van der Waals surface area contributed by atoms with Gasteiger partial charge in [-0.1, -0.05) is 47.7 Å².